The molecular formula is C25H21Cl2N5O. The Morgan fingerprint density at radius 3 is 2.85 bits per heavy atom. The fourth-order valence-electron chi connectivity index (χ4n) is 4.01. The molecule has 0 radical (unpaired) electrons. The van der Waals surface area contributed by atoms with E-state index in [9.17, 15) is 4.79 Å². The number of fused-ring (bicyclic) bond motifs is 6. The largest absolute Gasteiger partial charge is 0.339 e. The highest BCUT2D eigenvalue weighted by Crippen LogP contribution is 2.32. The molecule has 8 heteroatoms. The Bertz CT molecular complexity index is 1290. The van der Waals surface area contributed by atoms with E-state index >= 15 is 0 Å². The SMILES string of the molecule is O=C(Nc1ccc2cc1CCC1C=CC=C(C1)Nc1ncc(Cl)c(n1)N2)c1ccccc1Cl. The number of carbonyl (C=O) groups is 1. The average molecular weight is 478 g/mol. The minimum atomic E-state index is -0.240. The van der Waals surface area contributed by atoms with Crippen LogP contribution in [0.25, 0.3) is 0 Å². The fourth-order valence-corrected chi connectivity index (χ4v) is 4.37. The molecule has 1 aliphatic carbocycles. The highest BCUT2D eigenvalue weighted by atomic mass is 35.5. The van der Waals surface area contributed by atoms with Gasteiger partial charge in [0.1, 0.15) is 5.02 Å². The van der Waals surface area contributed by atoms with Gasteiger partial charge in [0, 0.05) is 17.1 Å². The van der Waals surface area contributed by atoms with Crippen molar-refractivity contribution in [3.05, 3.63) is 93.8 Å². The van der Waals surface area contributed by atoms with Gasteiger partial charge >= 0.3 is 0 Å². The quantitative estimate of drug-likeness (QED) is 0.387. The van der Waals surface area contributed by atoms with Gasteiger partial charge in [0.05, 0.1) is 16.8 Å². The summed E-state index contributed by atoms with van der Waals surface area (Å²) in [6.45, 7) is 0. The number of halogens is 2. The van der Waals surface area contributed by atoms with Gasteiger partial charge < -0.3 is 16.0 Å². The Hall–Kier alpha value is -3.35. The Morgan fingerprint density at radius 1 is 1.09 bits per heavy atom. The third-order valence-corrected chi connectivity index (χ3v) is 6.30. The van der Waals surface area contributed by atoms with Gasteiger partial charge in [-0.3, -0.25) is 4.79 Å². The summed E-state index contributed by atoms with van der Waals surface area (Å²) in [5, 5.41) is 10.5. The zero-order valence-electron chi connectivity index (χ0n) is 17.6. The third-order valence-electron chi connectivity index (χ3n) is 5.70. The van der Waals surface area contributed by atoms with Gasteiger partial charge in [0.2, 0.25) is 5.95 Å². The predicted molar refractivity (Wildman–Crippen MR) is 133 cm³/mol. The van der Waals surface area contributed by atoms with Crippen LogP contribution in [0.1, 0.15) is 28.8 Å². The van der Waals surface area contributed by atoms with Crippen molar-refractivity contribution in [3.8, 4) is 0 Å². The van der Waals surface area contributed by atoms with Crippen molar-refractivity contribution >= 4 is 52.3 Å². The summed E-state index contributed by atoms with van der Waals surface area (Å²) in [5.41, 5.74) is 4.08. The number of aromatic nitrogens is 2. The van der Waals surface area contributed by atoms with E-state index in [0.717, 1.165) is 41.9 Å². The number of nitrogens with zero attached hydrogens (tertiary/aromatic N) is 2. The molecule has 0 saturated heterocycles. The van der Waals surface area contributed by atoms with Crippen LogP contribution in [0.15, 0.2) is 72.6 Å². The summed E-state index contributed by atoms with van der Waals surface area (Å²) in [5.74, 6) is 1.12. The number of hydrogen-bond acceptors (Lipinski definition) is 5. The van der Waals surface area contributed by atoms with E-state index in [-0.39, 0.29) is 5.91 Å². The van der Waals surface area contributed by atoms with E-state index in [4.69, 9.17) is 23.2 Å². The Kier molecular flexibility index (Phi) is 6.03. The van der Waals surface area contributed by atoms with Crippen LogP contribution >= 0.6 is 23.2 Å². The lowest BCUT2D eigenvalue weighted by Gasteiger charge is -2.20. The second-order valence-corrected chi connectivity index (χ2v) is 8.84. The molecule has 5 rings (SSSR count). The second-order valence-electron chi connectivity index (χ2n) is 8.03. The van der Waals surface area contributed by atoms with Crippen molar-refractivity contribution in [3.63, 3.8) is 0 Å². The van der Waals surface area contributed by atoms with Crippen molar-refractivity contribution in [2.45, 2.75) is 19.3 Å². The van der Waals surface area contributed by atoms with Crippen LogP contribution in [0.4, 0.5) is 23.1 Å². The van der Waals surface area contributed by atoms with Gasteiger partial charge in [-0.1, -0.05) is 47.5 Å². The number of carbonyl (C=O) groups excluding carboxylic acids is 1. The van der Waals surface area contributed by atoms with Crippen molar-refractivity contribution < 1.29 is 4.79 Å². The van der Waals surface area contributed by atoms with E-state index in [1.165, 1.54) is 0 Å². The maximum absolute atomic E-state index is 12.9. The number of nitrogens with one attached hydrogen (secondary N) is 3. The molecule has 1 atom stereocenters. The monoisotopic (exact) mass is 477 g/mol. The van der Waals surface area contributed by atoms with Crippen molar-refractivity contribution in [1.82, 2.24) is 9.97 Å². The van der Waals surface area contributed by atoms with E-state index in [2.05, 4.69) is 38.1 Å². The van der Waals surface area contributed by atoms with E-state index in [1.54, 1.807) is 30.5 Å². The number of anilines is 4. The fraction of sp³-hybridized carbons (Fsp3) is 0.160. The van der Waals surface area contributed by atoms with Gasteiger partial charge in [-0.2, -0.15) is 4.98 Å². The number of rotatable bonds is 2. The summed E-state index contributed by atoms with van der Waals surface area (Å²) >= 11 is 12.6. The van der Waals surface area contributed by atoms with E-state index in [1.807, 2.05) is 24.3 Å². The first-order valence-corrected chi connectivity index (χ1v) is 11.4. The van der Waals surface area contributed by atoms with Crippen molar-refractivity contribution in [1.29, 1.82) is 0 Å². The lowest BCUT2D eigenvalue weighted by Crippen LogP contribution is -2.14. The molecule has 33 heavy (non-hydrogen) atoms. The van der Waals surface area contributed by atoms with Crippen LogP contribution in [0.5, 0.6) is 0 Å². The predicted octanol–water partition coefficient (Wildman–Crippen LogP) is 6.60. The highest BCUT2D eigenvalue weighted by molar-refractivity contribution is 6.34. The van der Waals surface area contributed by atoms with Gasteiger partial charge in [0.25, 0.3) is 5.91 Å². The molecule has 3 aromatic rings. The third kappa shape index (κ3) is 4.87. The summed E-state index contributed by atoms with van der Waals surface area (Å²) < 4.78 is 0. The Balaban J connectivity index is 1.50. The van der Waals surface area contributed by atoms with Crippen molar-refractivity contribution in [2.24, 2.45) is 5.92 Å². The smallest absolute Gasteiger partial charge is 0.257 e. The van der Waals surface area contributed by atoms with Crippen LogP contribution in [-0.2, 0) is 6.42 Å². The summed E-state index contributed by atoms with van der Waals surface area (Å²) in [6.07, 6.45) is 10.4. The zero-order valence-corrected chi connectivity index (χ0v) is 19.1. The zero-order chi connectivity index (χ0) is 22.8. The van der Waals surface area contributed by atoms with Crippen LogP contribution < -0.4 is 16.0 Å². The van der Waals surface area contributed by atoms with Crippen LogP contribution in [0.3, 0.4) is 0 Å². The molecule has 2 heterocycles. The minimum absolute atomic E-state index is 0.240. The van der Waals surface area contributed by atoms with Crippen molar-refractivity contribution in [2.75, 3.05) is 16.0 Å². The Labute approximate surface area is 201 Å². The maximum atomic E-state index is 12.9. The van der Waals surface area contributed by atoms with Gasteiger partial charge in [-0.25, -0.2) is 4.98 Å². The summed E-state index contributed by atoms with van der Waals surface area (Å²) in [7, 11) is 0. The second kappa shape index (κ2) is 9.25. The summed E-state index contributed by atoms with van der Waals surface area (Å²) in [6, 6.07) is 12.8. The van der Waals surface area contributed by atoms with Crippen LogP contribution in [0.2, 0.25) is 10.0 Å². The molecule has 2 aromatic carbocycles. The first-order valence-electron chi connectivity index (χ1n) is 10.7. The maximum Gasteiger partial charge on any atom is 0.257 e. The molecule has 1 amide bonds. The molecule has 6 nitrogen and oxygen atoms in total. The Morgan fingerprint density at radius 2 is 1.97 bits per heavy atom. The normalized spacial score (nSPS) is 16.8. The van der Waals surface area contributed by atoms with Gasteiger partial charge in [-0.15, -0.1) is 0 Å². The molecule has 0 fully saturated rings. The number of allylic oxidation sites excluding steroid dienone is 4. The lowest BCUT2D eigenvalue weighted by molar-refractivity contribution is 0.102. The first-order chi connectivity index (χ1) is 16.0. The molecule has 0 saturated carbocycles. The molecule has 2 aliphatic rings. The van der Waals surface area contributed by atoms with Crippen LogP contribution in [-0.4, -0.2) is 15.9 Å². The molecule has 1 unspecified atom stereocenters. The number of hydrogen-bond donors (Lipinski definition) is 3. The standard InChI is InChI=1S/C25H21Cl2N5O/c26-20-7-2-1-6-19(20)24(33)31-22-11-10-18-13-16(22)9-8-15-4-3-5-17(12-15)30-25-28-14-21(27)23(29-18)32-25/h1-7,10-11,13-15H,8-9,12H2,(H,31,33)(H2,28,29,30,32). The number of benzene rings is 2. The molecule has 166 valence electrons. The topological polar surface area (TPSA) is 78.9 Å². The lowest BCUT2D eigenvalue weighted by atomic mass is 9.91. The average Bonchev–Trinajstić information content (AvgIpc) is 2.81. The molecule has 0 spiro atoms. The number of aryl methyl sites for hydroxylation is 1. The van der Waals surface area contributed by atoms with Gasteiger partial charge in [0.15, 0.2) is 5.82 Å². The molecule has 1 aromatic heterocycles. The van der Waals surface area contributed by atoms with Crippen LogP contribution in [0, 0.1) is 5.92 Å². The number of amides is 1. The van der Waals surface area contributed by atoms with E-state index in [0.29, 0.717) is 33.3 Å². The van der Waals surface area contributed by atoms with Gasteiger partial charge in [-0.05, 0) is 67.2 Å². The first kappa shape index (κ1) is 21.5. The molecule has 3 N–H and O–H groups in total. The summed E-state index contributed by atoms with van der Waals surface area (Å²) in [4.78, 5) is 21.7. The molecule has 1 aliphatic heterocycles. The molecule has 6 bridgehead atoms. The van der Waals surface area contributed by atoms with E-state index < -0.39 is 0 Å². The minimum Gasteiger partial charge on any atom is -0.339 e. The molecular weight excluding hydrogens is 457 g/mol. The highest BCUT2D eigenvalue weighted by Gasteiger charge is 2.18.